The van der Waals surface area contributed by atoms with Crippen LogP contribution in [0, 0.1) is 0 Å². The summed E-state index contributed by atoms with van der Waals surface area (Å²) in [6, 6.07) is 0. The third kappa shape index (κ3) is 5.63. The smallest absolute Gasteiger partial charge is 0.426 e. The molecule has 1 radical (unpaired) electrons. The molecule has 0 spiro atoms. The van der Waals surface area contributed by atoms with E-state index in [0.29, 0.717) is 6.61 Å². The topological polar surface area (TPSA) is 68.6 Å². The molecule has 65 valence electrons. The zero-order valence-corrected chi connectivity index (χ0v) is 6.62. The van der Waals surface area contributed by atoms with Gasteiger partial charge in [-0.25, -0.2) is 10.5 Å². The van der Waals surface area contributed by atoms with Crippen molar-refractivity contribution in [1.29, 1.82) is 0 Å². The lowest BCUT2D eigenvalue weighted by Crippen LogP contribution is -2.23. The molecular weight excluding hydrogens is 150 g/mol. The summed E-state index contributed by atoms with van der Waals surface area (Å²) in [6.07, 6.45) is -1.64. The second kappa shape index (κ2) is 5.94. The quantitative estimate of drug-likeness (QED) is 0.549. The SMILES string of the molecule is CCOC(COC([NH])=O)OC. The molecule has 0 rings (SSSR count). The maximum Gasteiger partial charge on any atom is 0.426 e. The zero-order valence-electron chi connectivity index (χ0n) is 6.62. The summed E-state index contributed by atoms with van der Waals surface area (Å²) in [5, 5.41) is 0. The van der Waals surface area contributed by atoms with Crippen LogP contribution in [0.15, 0.2) is 0 Å². The summed E-state index contributed by atoms with van der Waals surface area (Å²) >= 11 is 0. The maximum atomic E-state index is 10.0. The molecule has 0 heterocycles. The molecule has 0 aromatic rings. The first-order chi connectivity index (χ1) is 5.20. The minimum atomic E-state index is -1.08. The molecule has 0 fully saturated rings. The highest BCUT2D eigenvalue weighted by molar-refractivity contribution is 5.63. The number of hydrogen-bond acceptors (Lipinski definition) is 4. The highest BCUT2D eigenvalue weighted by Crippen LogP contribution is 1.93. The Morgan fingerprint density at radius 1 is 1.64 bits per heavy atom. The van der Waals surface area contributed by atoms with Crippen LogP contribution in [-0.2, 0) is 14.2 Å². The van der Waals surface area contributed by atoms with E-state index < -0.39 is 12.4 Å². The molecule has 0 bridgehead atoms. The number of hydrogen-bond donors (Lipinski definition) is 0. The Morgan fingerprint density at radius 2 is 2.27 bits per heavy atom. The first-order valence-electron chi connectivity index (χ1n) is 3.23. The van der Waals surface area contributed by atoms with Gasteiger partial charge in [0.15, 0.2) is 6.29 Å². The lowest BCUT2D eigenvalue weighted by Gasteiger charge is -2.13. The molecule has 1 N–H and O–H groups in total. The van der Waals surface area contributed by atoms with Gasteiger partial charge < -0.3 is 14.2 Å². The fourth-order valence-corrected chi connectivity index (χ4v) is 0.514. The summed E-state index contributed by atoms with van der Waals surface area (Å²) in [6.45, 7) is 2.25. The van der Waals surface area contributed by atoms with Gasteiger partial charge in [-0.1, -0.05) is 0 Å². The number of nitrogens with one attached hydrogen (secondary N) is 1. The van der Waals surface area contributed by atoms with Gasteiger partial charge in [0, 0.05) is 13.7 Å². The monoisotopic (exact) mass is 162 g/mol. The molecule has 5 nitrogen and oxygen atoms in total. The van der Waals surface area contributed by atoms with Crippen molar-refractivity contribution in [1.82, 2.24) is 5.73 Å². The van der Waals surface area contributed by atoms with Crippen LogP contribution < -0.4 is 5.73 Å². The summed E-state index contributed by atoms with van der Waals surface area (Å²) in [5.41, 5.74) is 6.41. The summed E-state index contributed by atoms with van der Waals surface area (Å²) in [5.74, 6) is 0. The summed E-state index contributed by atoms with van der Waals surface area (Å²) < 4.78 is 14.0. The van der Waals surface area contributed by atoms with Gasteiger partial charge in [-0.15, -0.1) is 0 Å². The van der Waals surface area contributed by atoms with Crippen LogP contribution in [0.5, 0.6) is 0 Å². The second-order valence-electron chi connectivity index (χ2n) is 1.72. The number of amides is 1. The highest BCUT2D eigenvalue weighted by Gasteiger charge is 2.07. The van der Waals surface area contributed by atoms with Crippen molar-refractivity contribution in [3.8, 4) is 0 Å². The van der Waals surface area contributed by atoms with Gasteiger partial charge in [0.1, 0.15) is 6.61 Å². The summed E-state index contributed by atoms with van der Waals surface area (Å²) in [7, 11) is 1.44. The van der Waals surface area contributed by atoms with Gasteiger partial charge >= 0.3 is 6.09 Å². The van der Waals surface area contributed by atoms with E-state index in [9.17, 15) is 4.79 Å². The molecule has 0 aromatic heterocycles. The van der Waals surface area contributed by atoms with Crippen LogP contribution >= 0.6 is 0 Å². The minimum Gasteiger partial charge on any atom is -0.443 e. The van der Waals surface area contributed by atoms with Crippen molar-refractivity contribution >= 4 is 6.09 Å². The van der Waals surface area contributed by atoms with E-state index in [0.717, 1.165) is 0 Å². The maximum absolute atomic E-state index is 10.0. The van der Waals surface area contributed by atoms with E-state index >= 15 is 0 Å². The first kappa shape index (κ1) is 10.2. The third-order valence-electron chi connectivity index (χ3n) is 0.966. The van der Waals surface area contributed by atoms with Gasteiger partial charge in [0.05, 0.1) is 0 Å². The average Bonchev–Trinajstić information content (AvgIpc) is 1.97. The fourth-order valence-electron chi connectivity index (χ4n) is 0.514. The predicted molar refractivity (Wildman–Crippen MR) is 36.9 cm³/mol. The Bertz CT molecular complexity index is 117. The molecule has 1 atom stereocenters. The Balaban J connectivity index is 3.43. The van der Waals surface area contributed by atoms with Crippen LogP contribution in [0.1, 0.15) is 6.92 Å². The molecule has 1 unspecified atom stereocenters. The number of methoxy groups -OCH3 is 1. The van der Waals surface area contributed by atoms with Gasteiger partial charge in [-0.05, 0) is 6.92 Å². The van der Waals surface area contributed by atoms with Crippen molar-refractivity contribution < 1.29 is 19.0 Å². The Kier molecular flexibility index (Phi) is 5.50. The minimum absolute atomic E-state index is 0.0350. The average molecular weight is 162 g/mol. The summed E-state index contributed by atoms with van der Waals surface area (Å²) in [4.78, 5) is 10.0. The fraction of sp³-hybridized carbons (Fsp3) is 0.833. The van der Waals surface area contributed by atoms with Crippen LogP contribution in [0.4, 0.5) is 4.79 Å². The third-order valence-corrected chi connectivity index (χ3v) is 0.966. The van der Waals surface area contributed by atoms with Gasteiger partial charge in [0.2, 0.25) is 0 Å². The molecular formula is C6H12NO4. The van der Waals surface area contributed by atoms with E-state index in [1.54, 1.807) is 6.92 Å². The molecule has 11 heavy (non-hydrogen) atoms. The molecule has 5 heteroatoms. The van der Waals surface area contributed by atoms with E-state index in [4.69, 9.17) is 15.2 Å². The standard InChI is InChI=1S/C6H12NO4/c1-3-10-5(9-2)4-11-6(7)8/h5,7H,3-4H2,1-2H3. The van der Waals surface area contributed by atoms with Gasteiger partial charge in [-0.3, -0.25) is 0 Å². The lowest BCUT2D eigenvalue weighted by molar-refractivity contribution is -0.142. The Hall–Kier alpha value is -0.810. The molecule has 0 saturated heterocycles. The molecule has 0 aliphatic carbocycles. The number of carbonyl (C=O) groups excluding carboxylic acids is 1. The van der Waals surface area contributed by atoms with Crippen molar-refractivity contribution in [3.05, 3.63) is 0 Å². The van der Waals surface area contributed by atoms with Crippen LogP contribution in [-0.4, -0.2) is 32.7 Å². The van der Waals surface area contributed by atoms with Gasteiger partial charge in [-0.2, -0.15) is 0 Å². The largest absolute Gasteiger partial charge is 0.443 e. The van der Waals surface area contributed by atoms with E-state index in [1.807, 2.05) is 0 Å². The number of carbonyl (C=O) groups is 1. The lowest BCUT2D eigenvalue weighted by atomic mass is 10.6. The second-order valence-corrected chi connectivity index (χ2v) is 1.72. The normalized spacial score (nSPS) is 12.5. The van der Waals surface area contributed by atoms with Gasteiger partial charge in [0.25, 0.3) is 0 Å². The zero-order chi connectivity index (χ0) is 8.69. The molecule has 1 amide bonds. The molecule has 0 aromatic carbocycles. The van der Waals surface area contributed by atoms with E-state index in [1.165, 1.54) is 7.11 Å². The van der Waals surface area contributed by atoms with Crippen LogP contribution in [0.25, 0.3) is 0 Å². The van der Waals surface area contributed by atoms with Crippen molar-refractivity contribution in [2.45, 2.75) is 13.2 Å². The molecule has 0 aliphatic rings. The van der Waals surface area contributed by atoms with Crippen molar-refractivity contribution in [2.75, 3.05) is 20.3 Å². The van der Waals surface area contributed by atoms with Crippen molar-refractivity contribution in [2.24, 2.45) is 0 Å². The van der Waals surface area contributed by atoms with Crippen LogP contribution in [0.2, 0.25) is 0 Å². The Labute approximate surface area is 65.4 Å². The highest BCUT2D eigenvalue weighted by atomic mass is 16.7. The number of ether oxygens (including phenoxy) is 3. The Morgan fingerprint density at radius 3 is 2.64 bits per heavy atom. The predicted octanol–water partition coefficient (Wildman–Crippen LogP) is 0.415. The van der Waals surface area contributed by atoms with E-state index in [-0.39, 0.29) is 6.61 Å². The van der Waals surface area contributed by atoms with E-state index in [2.05, 4.69) is 4.74 Å². The first-order valence-corrected chi connectivity index (χ1v) is 3.23. The van der Waals surface area contributed by atoms with Crippen LogP contribution in [0.3, 0.4) is 0 Å². The molecule has 0 aliphatic heterocycles. The number of rotatable bonds is 5. The van der Waals surface area contributed by atoms with Crippen molar-refractivity contribution in [3.63, 3.8) is 0 Å². The molecule has 0 saturated carbocycles.